The van der Waals surface area contributed by atoms with Crippen molar-refractivity contribution in [3.8, 4) is 0 Å². The molecular weight excluding hydrogens is 178 g/mol. The normalized spacial score (nSPS) is 4.22. The van der Waals surface area contributed by atoms with E-state index in [1.54, 1.807) is 12.2 Å². The van der Waals surface area contributed by atoms with Crippen LogP contribution in [0.5, 0.6) is 0 Å². The average molecular weight is 192 g/mol. The summed E-state index contributed by atoms with van der Waals surface area (Å²) < 4.78 is 0. The molecule has 0 bridgehead atoms. The second kappa shape index (κ2) is 40.2. The fourth-order valence-electron chi connectivity index (χ4n) is 0. The summed E-state index contributed by atoms with van der Waals surface area (Å²) in [5.74, 6) is 0.556. The lowest BCUT2D eigenvalue weighted by atomic mass is 10.8. The zero-order chi connectivity index (χ0) is 6.12. The van der Waals surface area contributed by atoms with Crippen LogP contribution in [0.3, 0.4) is 0 Å². The van der Waals surface area contributed by atoms with E-state index in [9.17, 15) is 0 Å². The second-order valence-electron chi connectivity index (χ2n) is 0.851. The molecule has 0 amide bonds. The first kappa shape index (κ1) is 22.8. The van der Waals surface area contributed by atoms with E-state index in [1.807, 2.05) is 6.92 Å². The van der Waals surface area contributed by atoms with Gasteiger partial charge in [0, 0.05) is 5.88 Å². The van der Waals surface area contributed by atoms with E-state index < -0.39 is 0 Å². The van der Waals surface area contributed by atoms with E-state index in [4.69, 9.17) is 11.6 Å². The summed E-state index contributed by atoms with van der Waals surface area (Å²) in [6, 6.07) is 0. The van der Waals surface area contributed by atoms with E-state index in [2.05, 4.69) is 13.2 Å². The monoisotopic (exact) mass is 190 g/mol. The number of hydrogen-bond acceptors (Lipinski definition) is 0. The minimum Gasteiger partial charge on any atom is -0.147 e. The maximum atomic E-state index is 5.07. The van der Waals surface area contributed by atoms with Crippen molar-refractivity contribution in [3.05, 3.63) is 25.3 Å². The Morgan fingerprint density at radius 3 is 1.44 bits per heavy atom. The lowest BCUT2D eigenvalue weighted by Crippen LogP contribution is -1.45. The van der Waals surface area contributed by atoms with Gasteiger partial charge in [0.15, 0.2) is 0 Å². The predicted octanol–water partition coefficient (Wildman–Crippen LogP) is 3.45. The number of alkyl halides is 1. The van der Waals surface area contributed by atoms with Gasteiger partial charge in [0.1, 0.15) is 0 Å². The van der Waals surface area contributed by atoms with Crippen molar-refractivity contribution in [2.75, 3.05) is 5.88 Å². The highest BCUT2D eigenvalue weighted by Gasteiger charge is 1.48. The van der Waals surface area contributed by atoms with Gasteiger partial charge in [0.05, 0.1) is 0 Å². The van der Waals surface area contributed by atoms with Crippen molar-refractivity contribution in [2.24, 2.45) is 0 Å². The van der Waals surface area contributed by atoms with Gasteiger partial charge in [-0.1, -0.05) is 12.2 Å². The summed E-state index contributed by atoms with van der Waals surface area (Å²) in [7, 11) is 0. The maximum absolute atomic E-state index is 5.07. The Labute approximate surface area is 74.8 Å². The number of rotatable bonds is 1. The van der Waals surface area contributed by atoms with Crippen LogP contribution in [0, 0.1) is 0 Å². The highest BCUT2D eigenvalue weighted by molar-refractivity contribution is 6.18. The molecule has 3 heteroatoms. The molecule has 0 radical (unpaired) electrons. The summed E-state index contributed by atoms with van der Waals surface area (Å²) in [4.78, 5) is 0. The van der Waals surface area contributed by atoms with Crippen LogP contribution in [0.1, 0.15) is 6.92 Å². The van der Waals surface area contributed by atoms with Crippen LogP contribution in [-0.4, -0.2) is 5.88 Å². The Hall–Kier alpha value is 0.350. The van der Waals surface area contributed by atoms with Gasteiger partial charge < -0.3 is 0 Å². The van der Waals surface area contributed by atoms with Crippen LogP contribution >= 0.6 is 36.4 Å². The molecule has 0 aliphatic carbocycles. The largest absolute Gasteiger partial charge is 0.147 e. The molecule has 0 spiro atoms. The van der Waals surface area contributed by atoms with Crippen LogP contribution in [0.15, 0.2) is 25.3 Å². The molecule has 0 aromatic rings. The fourth-order valence-corrected chi connectivity index (χ4v) is 0. The smallest absolute Gasteiger partial charge is 0.0401 e. The third kappa shape index (κ3) is 185. The predicted molar refractivity (Wildman–Crippen MR) is 51.3 cm³/mol. The first-order valence-corrected chi connectivity index (χ1v) is 2.60. The molecule has 0 atom stereocenters. The van der Waals surface area contributed by atoms with Gasteiger partial charge in [0.25, 0.3) is 0 Å². The van der Waals surface area contributed by atoms with Gasteiger partial charge in [-0.25, -0.2) is 0 Å². The Balaban J connectivity index is -0.0000000233. The van der Waals surface area contributed by atoms with Gasteiger partial charge in [-0.3, -0.25) is 0 Å². The van der Waals surface area contributed by atoms with Crippen molar-refractivity contribution >= 4 is 36.4 Å². The van der Waals surface area contributed by atoms with Gasteiger partial charge in [0.2, 0.25) is 0 Å². The average Bonchev–Trinajstić information content (AvgIpc) is 1.69. The minimum absolute atomic E-state index is 0. The molecule has 0 nitrogen and oxygen atoms in total. The second-order valence-corrected chi connectivity index (χ2v) is 1.16. The van der Waals surface area contributed by atoms with Crippen molar-refractivity contribution in [1.82, 2.24) is 0 Å². The minimum atomic E-state index is 0. The van der Waals surface area contributed by atoms with Crippen molar-refractivity contribution in [3.63, 3.8) is 0 Å². The van der Waals surface area contributed by atoms with Crippen LogP contribution in [0.25, 0.3) is 0 Å². The highest BCUT2D eigenvalue weighted by atomic mass is 35.5. The molecule has 0 aliphatic rings. The lowest BCUT2D eigenvalue weighted by molar-refractivity contribution is 1.80. The molecule has 0 saturated carbocycles. The van der Waals surface area contributed by atoms with E-state index in [1.165, 1.54) is 0 Å². The maximum Gasteiger partial charge on any atom is 0.0401 e. The number of hydrogen-bond donors (Lipinski definition) is 0. The van der Waals surface area contributed by atoms with Gasteiger partial charge >= 0.3 is 0 Å². The van der Waals surface area contributed by atoms with Crippen LogP contribution < -0.4 is 0 Å². The molecule has 0 fully saturated rings. The third-order valence-corrected chi connectivity index (χ3v) is 0.327. The summed E-state index contributed by atoms with van der Waals surface area (Å²) in [5.41, 5.74) is 0. The molecule has 9 heavy (non-hydrogen) atoms. The van der Waals surface area contributed by atoms with Gasteiger partial charge in [-0.05, 0) is 6.92 Å². The molecule has 0 heterocycles. The van der Waals surface area contributed by atoms with E-state index in [0.717, 1.165) is 0 Å². The molecule has 0 aromatic heterocycles. The molecule has 0 unspecified atom stereocenters. The molecule has 58 valence electrons. The number of halogens is 3. The SMILES string of the molecule is C=CC.C=CCCl.Cl.Cl. The van der Waals surface area contributed by atoms with E-state index in [-0.39, 0.29) is 24.8 Å². The van der Waals surface area contributed by atoms with E-state index >= 15 is 0 Å². The van der Waals surface area contributed by atoms with Crippen molar-refractivity contribution in [2.45, 2.75) is 6.92 Å². The fraction of sp³-hybridized carbons (Fsp3) is 0.333. The Kier molecular flexibility index (Phi) is 102. The molecular formula is C6H13Cl3. The third-order valence-electron chi connectivity index (χ3n) is 0.109. The summed E-state index contributed by atoms with van der Waals surface area (Å²) in [6.45, 7) is 8.60. The van der Waals surface area contributed by atoms with Gasteiger partial charge in [-0.2, -0.15) is 0 Å². The molecule has 0 saturated heterocycles. The first-order valence-electron chi connectivity index (χ1n) is 2.07. The standard InChI is InChI=1S/C3H5Cl.C3H6.2ClH/c1-2-3-4;1-3-2;;/h2H,1,3H2;3H,1H2,2H3;2*1H. The molecule has 0 rings (SSSR count). The van der Waals surface area contributed by atoms with E-state index in [0.29, 0.717) is 5.88 Å². The topological polar surface area (TPSA) is 0 Å². The Bertz CT molecular complexity index is 43.6. The highest BCUT2D eigenvalue weighted by Crippen LogP contribution is 1.67. The Morgan fingerprint density at radius 1 is 1.33 bits per heavy atom. The lowest BCUT2D eigenvalue weighted by Gasteiger charge is -1.55. The quantitative estimate of drug-likeness (QED) is 0.440. The summed E-state index contributed by atoms with van der Waals surface area (Å²) in [5, 5.41) is 0. The zero-order valence-electron chi connectivity index (χ0n) is 5.47. The molecule has 0 aliphatic heterocycles. The van der Waals surface area contributed by atoms with Crippen LogP contribution in [0.4, 0.5) is 0 Å². The Morgan fingerprint density at radius 2 is 1.44 bits per heavy atom. The molecule has 0 aromatic carbocycles. The van der Waals surface area contributed by atoms with Crippen LogP contribution in [-0.2, 0) is 0 Å². The van der Waals surface area contributed by atoms with Crippen molar-refractivity contribution in [1.29, 1.82) is 0 Å². The van der Waals surface area contributed by atoms with Crippen LogP contribution in [0.2, 0.25) is 0 Å². The van der Waals surface area contributed by atoms with Gasteiger partial charge in [-0.15, -0.1) is 49.6 Å². The van der Waals surface area contributed by atoms with Crippen molar-refractivity contribution < 1.29 is 0 Å². The summed E-state index contributed by atoms with van der Waals surface area (Å²) >= 11 is 5.07. The first-order chi connectivity index (χ1) is 3.33. The summed E-state index contributed by atoms with van der Waals surface area (Å²) in [6.07, 6.45) is 3.39. The molecule has 0 N–H and O–H groups in total. The number of allylic oxidation sites excluding steroid dienone is 2. The zero-order valence-corrected chi connectivity index (χ0v) is 7.86.